The number of hydrogen-bond acceptors (Lipinski definition) is 2. The maximum atomic E-state index is 12.8. The quantitative estimate of drug-likeness (QED) is 0.654. The van der Waals surface area contributed by atoms with Crippen LogP contribution in [-0.4, -0.2) is 12.9 Å². The van der Waals surface area contributed by atoms with Gasteiger partial charge in [0.25, 0.3) is 0 Å². The van der Waals surface area contributed by atoms with Gasteiger partial charge in [0.15, 0.2) is 5.78 Å². The van der Waals surface area contributed by atoms with E-state index in [1.54, 1.807) is 7.11 Å². The molecule has 0 aromatic heterocycles. The molecular formula is C20H18O2. The Balaban J connectivity index is 2.19. The van der Waals surface area contributed by atoms with Crippen LogP contribution in [0.1, 0.15) is 28.4 Å². The number of fused-ring (bicyclic) bond motifs is 1. The molecule has 2 heteroatoms. The van der Waals surface area contributed by atoms with Crippen LogP contribution in [0.2, 0.25) is 0 Å². The molecule has 0 spiro atoms. The maximum absolute atomic E-state index is 12.8. The van der Waals surface area contributed by atoms with Gasteiger partial charge in [-0.25, -0.2) is 0 Å². The smallest absolute Gasteiger partial charge is 0.193 e. The van der Waals surface area contributed by atoms with Crippen LogP contribution in [0.3, 0.4) is 0 Å². The fraction of sp³-hybridized carbons (Fsp3) is 0.150. The Kier molecular flexibility index (Phi) is 3.92. The van der Waals surface area contributed by atoms with E-state index < -0.39 is 0 Å². The van der Waals surface area contributed by atoms with E-state index in [0.717, 1.165) is 39.6 Å². The number of ketones is 1. The summed E-state index contributed by atoms with van der Waals surface area (Å²) in [6, 6.07) is 19.3. The molecular weight excluding hydrogens is 272 g/mol. The minimum atomic E-state index is 0.0715. The third-order valence-electron chi connectivity index (χ3n) is 3.97. The number of hydrogen-bond donors (Lipinski definition) is 0. The standard InChI is InChI=1S/C20H18O2/c1-3-17-18(20(21)15-7-5-4-6-8-15)12-10-14-9-11-16(22-2)13-19(14)17/h4-13H,3H2,1-2H3. The Labute approximate surface area is 130 Å². The molecule has 0 bridgehead atoms. The van der Waals surface area contributed by atoms with Crippen molar-refractivity contribution in [1.82, 2.24) is 0 Å². The van der Waals surface area contributed by atoms with Crippen molar-refractivity contribution < 1.29 is 9.53 Å². The first-order valence-electron chi connectivity index (χ1n) is 7.44. The SMILES string of the molecule is CCc1c(C(=O)c2ccccc2)ccc2ccc(OC)cc12. The van der Waals surface area contributed by atoms with Gasteiger partial charge in [-0.3, -0.25) is 4.79 Å². The fourth-order valence-electron chi connectivity index (χ4n) is 2.83. The molecule has 22 heavy (non-hydrogen) atoms. The van der Waals surface area contributed by atoms with Crippen molar-refractivity contribution in [2.45, 2.75) is 13.3 Å². The van der Waals surface area contributed by atoms with Gasteiger partial charge in [-0.2, -0.15) is 0 Å². The number of ether oxygens (including phenoxy) is 1. The number of aryl methyl sites for hydroxylation is 1. The lowest BCUT2D eigenvalue weighted by Crippen LogP contribution is -2.05. The van der Waals surface area contributed by atoms with E-state index in [0.29, 0.717) is 0 Å². The first-order chi connectivity index (χ1) is 10.7. The maximum Gasteiger partial charge on any atom is 0.193 e. The lowest BCUT2D eigenvalue weighted by Gasteiger charge is -2.12. The zero-order valence-corrected chi connectivity index (χ0v) is 12.8. The van der Waals surface area contributed by atoms with Crippen LogP contribution in [0.25, 0.3) is 10.8 Å². The second-order valence-corrected chi connectivity index (χ2v) is 5.23. The highest BCUT2D eigenvalue weighted by molar-refractivity contribution is 6.12. The molecule has 0 heterocycles. The van der Waals surface area contributed by atoms with Crippen LogP contribution in [0.5, 0.6) is 5.75 Å². The van der Waals surface area contributed by atoms with Gasteiger partial charge in [0, 0.05) is 11.1 Å². The highest BCUT2D eigenvalue weighted by atomic mass is 16.5. The van der Waals surface area contributed by atoms with Gasteiger partial charge in [0.1, 0.15) is 5.75 Å². The van der Waals surface area contributed by atoms with Crippen molar-refractivity contribution in [2.75, 3.05) is 7.11 Å². The van der Waals surface area contributed by atoms with E-state index in [1.165, 1.54) is 0 Å². The normalized spacial score (nSPS) is 10.6. The largest absolute Gasteiger partial charge is 0.497 e. The average Bonchev–Trinajstić information content (AvgIpc) is 2.60. The molecule has 0 unspecified atom stereocenters. The summed E-state index contributed by atoms with van der Waals surface area (Å²) in [5.74, 6) is 0.883. The van der Waals surface area contributed by atoms with Crippen LogP contribution in [0.15, 0.2) is 60.7 Å². The van der Waals surface area contributed by atoms with Gasteiger partial charge in [0.2, 0.25) is 0 Å². The summed E-state index contributed by atoms with van der Waals surface area (Å²) >= 11 is 0. The van der Waals surface area contributed by atoms with Crippen LogP contribution in [0.4, 0.5) is 0 Å². The predicted octanol–water partition coefficient (Wildman–Crippen LogP) is 4.64. The number of benzene rings is 3. The molecule has 0 N–H and O–H groups in total. The van der Waals surface area contributed by atoms with Crippen molar-refractivity contribution >= 4 is 16.6 Å². The second kappa shape index (κ2) is 6.02. The average molecular weight is 290 g/mol. The molecule has 2 nitrogen and oxygen atoms in total. The Morgan fingerprint density at radius 1 is 1.00 bits per heavy atom. The Morgan fingerprint density at radius 3 is 2.41 bits per heavy atom. The lowest BCUT2D eigenvalue weighted by atomic mass is 9.92. The van der Waals surface area contributed by atoms with Gasteiger partial charge < -0.3 is 4.74 Å². The highest BCUT2D eigenvalue weighted by Crippen LogP contribution is 2.28. The Hall–Kier alpha value is -2.61. The predicted molar refractivity (Wildman–Crippen MR) is 89.8 cm³/mol. The van der Waals surface area contributed by atoms with Crippen LogP contribution in [-0.2, 0) is 6.42 Å². The number of rotatable bonds is 4. The van der Waals surface area contributed by atoms with Gasteiger partial charge >= 0.3 is 0 Å². The number of methoxy groups -OCH3 is 1. The number of carbonyl (C=O) groups excluding carboxylic acids is 1. The second-order valence-electron chi connectivity index (χ2n) is 5.23. The minimum absolute atomic E-state index is 0.0715. The molecule has 0 atom stereocenters. The molecule has 3 rings (SSSR count). The molecule has 0 aliphatic rings. The van der Waals surface area contributed by atoms with E-state index in [9.17, 15) is 4.79 Å². The van der Waals surface area contributed by atoms with Crippen molar-refractivity contribution in [3.05, 3.63) is 77.4 Å². The van der Waals surface area contributed by atoms with Crippen molar-refractivity contribution in [2.24, 2.45) is 0 Å². The molecule has 3 aromatic carbocycles. The van der Waals surface area contributed by atoms with E-state index in [1.807, 2.05) is 60.7 Å². The summed E-state index contributed by atoms with van der Waals surface area (Å²) in [5.41, 5.74) is 2.57. The van der Waals surface area contributed by atoms with E-state index in [2.05, 4.69) is 6.92 Å². The number of carbonyl (C=O) groups is 1. The zero-order chi connectivity index (χ0) is 15.5. The van der Waals surface area contributed by atoms with Gasteiger partial charge in [-0.15, -0.1) is 0 Å². The molecule has 0 saturated carbocycles. The third kappa shape index (κ3) is 2.48. The summed E-state index contributed by atoms with van der Waals surface area (Å²) in [7, 11) is 1.66. The van der Waals surface area contributed by atoms with Crippen molar-refractivity contribution in [3.63, 3.8) is 0 Å². The van der Waals surface area contributed by atoms with Gasteiger partial charge in [-0.05, 0) is 34.9 Å². The summed E-state index contributed by atoms with van der Waals surface area (Å²) in [6.45, 7) is 2.08. The van der Waals surface area contributed by atoms with Gasteiger partial charge in [0.05, 0.1) is 7.11 Å². The molecule has 0 fully saturated rings. The summed E-state index contributed by atoms with van der Waals surface area (Å²) in [5, 5.41) is 2.21. The Bertz CT molecular complexity index is 820. The highest BCUT2D eigenvalue weighted by Gasteiger charge is 2.15. The zero-order valence-electron chi connectivity index (χ0n) is 12.8. The molecule has 0 radical (unpaired) electrons. The summed E-state index contributed by atoms with van der Waals surface area (Å²) in [6.07, 6.45) is 0.804. The van der Waals surface area contributed by atoms with Crippen LogP contribution < -0.4 is 4.74 Å². The van der Waals surface area contributed by atoms with E-state index in [4.69, 9.17) is 4.74 Å². The third-order valence-corrected chi connectivity index (χ3v) is 3.97. The fourth-order valence-corrected chi connectivity index (χ4v) is 2.83. The molecule has 0 aliphatic heterocycles. The lowest BCUT2D eigenvalue weighted by molar-refractivity contribution is 0.103. The monoisotopic (exact) mass is 290 g/mol. The molecule has 0 aliphatic carbocycles. The van der Waals surface area contributed by atoms with Crippen LogP contribution in [0, 0.1) is 0 Å². The topological polar surface area (TPSA) is 26.3 Å². The molecule has 110 valence electrons. The molecule has 3 aromatic rings. The molecule has 0 saturated heterocycles. The Morgan fingerprint density at radius 2 is 1.73 bits per heavy atom. The van der Waals surface area contributed by atoms with Crippen molar-refractivity contribution in [1.29, 1.82) is 0 Å². The first kappa shape index (κ1) is 14.3. The van der Waals surface area contributed by atoms with Gasteiger partial charge in [-0.1, -0.05) is 55.5 Å². The minimum Gasteiger partial charge on any atom is -0.497 e. The van der Waals surface area contributed by atoms with E-state index >= 15 is 0 Å². The van der Waals surface area contributed by atoms with Crippen LogP contribution >= 0.6 is 0 Å². The van der Waals surface area contributed by atoms with Crippen molar-refractivity contribution in [3.8, 4) is 5.75 Å². The van der Waals surface area contributed by atoms with E-state index in [-0.39, 0.29) is 5.78 Å². The summed E-state index contributed by atoms with van der Waals surface area (Å²) in [4.78, 5) is 12.8. The molecule has 0 amide bonds. The first-order valence-corrected chi connectivity index (χ1v) is 7.44. The summed E-state index contributed by atoms with van der Waals surface area (Å²) < 4.78 is 5.32.